The van der Waals surface area contributed by atoms with E-state index in [2.05, 4.69) is 5.32 Å². The van der Waals surface area contributed by atoms with E-state index in [4.69, 9.17) is 31.5 Å². The van der Waals surface area contributed by atoms with Gasteiger partial charge in [-0.1, -0.05) is 29.8 Å². The van der Waals surface area contributed by atoms with Crippen LogP contribution in [-0.4, -0.2) is 51.5 Å². The fraction of sp³-hybridized carbons (Fsp3) is 0.400. The Labute approximate surface area is 169 Å². The van der Waals surface area contributed by atoms with Crippen molar-refractivity contribution in [2.75, 3.05) is 33.5 Å². The molecule has 152 valence electrons. The van der Waals surface area contributed by atoms with Gasteiger partial charge < -0.3 is 25.3 Å². The molecule has 0 saturated heterocycles. The first-order valence-corrected chi connectivity index (χ1v) is 9.34. The van der Waals surface area contributed by atoms with Crippen LogP contribution in [0.15, 0.2) is 41.1 Å². The number of esters is 2. The van der Waals surface area contributed by atoms with Crippen LogP contribution in [0, 0.1) is 0 Å². The predicted molar refractivity (Wildman–Crippen MR) is 107 cm³/mol. The molecule has 0 aromatic heterocycles. The van der Waals surface area contributed by atoms with E-state index < -0.39 is 18.0 Å². The summed E-state index contributed by atoms with van der Waals surface area (Å²) in [7, 11) is 1.29. The third-order valence-corrected chi connectivity index (χ3v) is 4.54. The molecule has 2 rings (SSSR count). The van der Waals surface area contributed by atoms with Gasteiger partial charge in [-0.3, -0.25) is 0 Å². The summed E-state index contributed by atoms with van der Waals surface area (Å²) in [6.07, 6.45) is 0. The van der Waals surface area contributed by atoms with E-state index >= 15 is 0 Å². The first-order valence-electron chi connectivity index (χ1n) is 8.96. The number of ether oxygens (including phenoxy) is 3. The van der Waals surface area contributed by atoms with Crippen molar-refractivity contribution in [3.8, 4) is 0 Å². The minimum atomic E-state index is -0.581. The summed E-state index contributed by atoms with van der Waals surface area (Å²) in [5, 5.41) is 3.56. The van der Waals surface area contributed by atoms with E-state index in [-0.39, 0.29) is 24.4 Å². The van der Waals surface area contributed by atoms with Crippen LogP contribution in [0.2, 0.25) is 5.02 Å². The summed E-state index contributed by atoms with van der Waals surface area (Å²) in [4.78, 5) is 25.4. The third kappa shape index (κ3) is 4.73. The van der Waals surface area contributed by atoms with Crippen molar-refractivity contribution in [2.45, 2.75) is 19.9 Å². The lowest BCUT2D eigenvalue weighted by atomic mass is 9.85. The summed E-state index contributed by atoms with van der Waals surface area (Å²) in [6.45, 7) is 4.50. The number of nitrogens with two attached hydrogens (primary N) is 1. The average molecular weight is 409 g/mol. The van der Waals surface area contributed by atoms with Gasteiger partial charge >= 0.3 is 11.9 Å². The molecule has 1 aromatic rings. The van der Waals surface area contributed by atoms with Crippen LogP contribution in [-0.2, 0) is 23.8 Å². The number of dihydropyridines is 1. The number of hydrogen-bond donors (Lipinski definition) is 2. The molecule has 8 heteroatoms. The van der Waals surface area contributed by atoms with Crippen molar-refractivity contribution in [1.29, 1.82) is 0 Å². The van der Waals surface area contributed by atoms with Gasteiger partial charge in [-0.15, -0.1) is 0 Å². The molecule has 0 spiro atoms. The second-order valence-corrected chi connectivity index (χ2v) is 6.45. The van der Waals surface area contributed by atoms with Gasteiger partial charge in [0.25, 0.3) is 0 Å². The Kier molecular flexibility index (Phi) is 8.04. The third-order valence-electron chi connectivity index (χ3n) is 4.21. The molecule has 1 atom stereocenters. The Hall–Kier alpha value is -2.35. The fourth-order valence-electron chi connectivity index (χ4n) is 3.07. The van der Waals surface area contributed by atoms with Crippen molar-refractivity contribution in [2.24, 2.45) is 5.73 Å². The lowest BCUT2D eigenvalue weighted by Gasteiger charge is -2.31. The highest BCUT2D eigenvalue weighted by molar-refractivity contribution is 6.33. The lowest BCUT2D eigenvalue weighted by molar-refractivity contribution is -0.139. The van der Waals surface area contributed by atoms with Crippen LogP contribution in [0.25, 0.3) is 5.57 Å². The highest BCUT2D eigenvalue weighted by Gasteiger charge is 2.37. The van der Waals surface area contributed by atoms with E-state index in [1.807, 2.05) is 0 Å². The lowest BCUT2D eigenvalue weighted by Crippen LogP contribution is -2.42. The molecular weight excluding hydrogens is 384 g/mol. The summed E-state index contributed by atoms with van der Waals surface area (Å²) < 4.78 is 15.8. The van der Waals surface area contributed by atoms with Gasteiger partial charge in [-0.2, -0.15) is 0 Å². The zero-order valence-corrected chi connectivity index (χ0v) is 17.0. The van der Waals surface area contributed by atoms with Gasteiger partial charge in [0.2, 0.25) is 0 Å². The minimum Gasteiger partial charge on any atom is -0.465 e. The zero-order valence-electron chi connectivity index (χ0n) is 16.2. The Morgan fingerprint density at radius 2 is 1.96 bits per heavy atom. The second-order valence-electron chi connectivity index (χ2n) is 6.04. The topological polar surface area (TPSA) is 99.9 Å². The number of benzene rings is 1. The van der Waals surface area contributed by atoms with E-state index in [1.165, 1.54) is 7.11 Å². The zero-order chi connectivity index (χ0) is 20.7. The van der Waals surface area contributed by atoms with Gasteiger partial charge in [-0.05, 0) is 19.9 Å². The number of carbonyl (C=O) groups is 2. The van der Waals surface area contributed by atoms with E-state index in [1.54, 1.807) is 38.1 Å². The number of nitrogens with one attached hydrogen (secondary N) is 1. The predicted octanol–water partition coefficient (Wildman–Crippen LogP) is 2.05. The molecule has 0 radical (unpaired) electrons. The van der Waals surface area contributed by atoms with Gasteiger partial charge in [0.15, 0.2) is 0 Å². The molecule has 1 aliphatic rings. The molecule has 0 unspecified atom stereocenters. The number of halogens is 1. The van der Waals surface area contributed by atoms with Gasteiger partial charge in [0.1, 0.15) is 0 Å². The average Bonchev–Trinajstić information content (AvgIpc) is 2.67. The van der Waals surface area contributed by atoms with Crippen molar-refractivity contribution in [3.63, 3.8) is 0 Å². The van der Waals surface area contributed by atoms with E-state index in [0.29, 0.717) is 35.0 Å². The summed E-state index contributed by atoms with van der Waals surface area (Å²) >= 11 is 6.41. The maximum atomic E-state index is 12.9. The highest BCUT2D eigenvalue weighted by Crippen LogP contribution is 2.38. The molecule has 7 nitrogen and oxygen atoms in total. The molecular formula is C20H25ClN2O5. The largest absolute Gasteiger partial charge is 0.465 e. The number of allylic oxidation sites excluding steroid dienone is 1. The first kappa shape index (κ1) is 21.9. The van der Waals surface area contributed by atoms with Crippen LogP contribution >= 0.6 is 11.6 Å². The van der Waals surface area contributed by atoms with Gasteiger partial charge in [0.05, 0.1) is 44.1 Å². The Balaban J connectivity index is 2.73. The molecule has 3 N–H and O–H groups in total. The van der Waals surface area contributed by atoms with Crippen molar-refractivity contribution < 1.29 is 23.8 Å². The number of carbonyl (C=O) groups excluding carboxylic acids is 2. The fourth-order valence-corrected chi connectivity index (χ4v) is 3.30. The highest BCUT2D eigenvalue weighted by atomic mass is 35.5. The standard InChI is InChI=1S/C20H25ClN2O5/c1-4-28-20(25)18-15(11-27-10-9-22)23-12(2)16(19(24)26-3)17(18)13-7-5-6-8-14(13)21/h5-8,15,23H,4,9-11,22H2,1-3H3/t15-/m0/s1. The van der Waals surface area contributed by atoms with Crippen LogP contribution < -0.4 is 11.1 Å². The van der Waals surface area contributed by atoms with Crippen molar-refractivity contribution in [1.82, 2.24) is 5.32 Å². The monoisotopic (exact) mass is 408 g/mol. The van der Waals surface area contributed by atoms with E-state index in [0.717, 1.165) is 0 Å². The molecule has 0 saturated carbocycles. The number of methoxy groups -OCH3 is 1. The SMILES string of the molecule is CCOC(=O)C1=C(c2ccccc2Cl)C(C(=O)OC)=C(C)N[C@H]1COCCN. The Bertz CT molecular complexity index is 804. The molecule has 0 amide bonds. The number of rotatable bonds is 8. The Morgan fingerprint density at radius 3 is 2.57 bits per heavy atom. The van der Waals surface area contributed by atoms with Crippen molar-refractivity contribution in [3.05, 3.63) is 51.7 Å². The van der Waals surface area contributed by atoms with Crippen LogP contribution in [0.5, 0.6) is 0 Å². The maximum Gasteiger partial charge on any atom is 0.340 e. The van der Waals surface area contributed by atoms with Crippen LogP contribution in [0.4, 0.5) is 0 Å². The molecule has 1 aromatic carbocycles. The van der Waals surface area contributed by atoms with Gasteiger partial charge in [-0.25, -0.2) is 9.59 Å². The normalized spacial score (nSPS) is 16.7. The molecule has 1 heterocycles. The van der Waals surface area contributed by atoms with Gasteiger partial charge in [0, 0.05) is 28.4 Å². The smallest absolute Gasteiger partial charge is 0.340 e. The van der Waals surface area contributed by atoms with Crippen molar-refractivity contribution >= 4 is 29.1 Å². The van der Waals surface area contributed by atoms with Crippen LogP contribution in [0.3, 0.4) is 0 Å². The summed E-state index contributed by atoms with van der Waals surface area (Å²) in [6, 6.07) is 6.46. The molecule has 0 fully saturated rings. The second kappa shape index (κ2) is 10.3. The molecule has 1 aliphatic heterocycles. The minimum absolute atomic E-state index is 0.172. The quantitative estimate of drug-likeness (QED) is 0.501. The first-order chi connectivity index (χ1) is 13.5. The molecule has 28 heavy (non-hydrogen) atoms. The van der Waals surface area contributed by atoms with Crippen LogP contribution in [0.1, 0.15) is 19.4 Å². The molecule has 0 aliphatic carbocycles. The summed E-state index contributed by atoms with van der Waals surface area (Å²) in [5.74, 6) is -1.14. The molecule has 0 bridgehead atoms. The number of hydrogen-bond acceptors (Lipinski definition) is 7. The maximum absolute atomic E-state index is 12.9. The summed E-state index contributed by atoms with van der Waals surface area (Å²) in [5.41, 5.74) is 7.46. The Morgan fingerprint density at radius 1 is 1.25 bits per heavy atom. The van der Waals surface area contributed by atoms with E-state index in [9.17, 15) is 9.59 Å².